The summed E-state index contributed by atoms with van der Waals surface area (Å²) in [6, 6.07) is 5.90. The highest BCUT2D eigenvalue weighted by Gasteiger charge is 2.57. The highest BCUT2D eigenvalue weighted by Crippen LogP contribution is 2.48. The molecule has 0 spiro atoms. The van der Waals surface area contributed by atoms with Crippen LogP contribution in [0.1, 0.15) is 74.0 Å². The maximum atomic E-state index is 13.8. The number of alkyl carbamates (subject to hydrolysis) is 1. The van der Waals surface area contributed by atoms with Crippen LogP contribution in [0.2, 0.25) is 0 Å². The zero-order valence-corrected chi connectivity index (χ0v) is 23.1. The number of nitrogens with one attached hydrogen (secondary N) is 1. The van der Waals surface area contributed by atoms with Gasteiger partial charge >= 0.3 is 6.09 Å². The van der Waals surface area contributed by atoms with Crippen LogP contribution in [0.15, 0.2) is 18.2 Å². The third kappa shape index (κ3) is 4.58. The summed E-state index contributed by atoms with van der Waals surface area (Å²) < 4.78 is 5.45. The Bertz CT molecular complexity index is 1320. The lowest BCUT2D eigenvalue weighted by atomic mass is 10.0. The van der Waals surface area contributed by atoms with Crippen molar-refractivity contribution >= 4 is 23.8 Å². The van der Waals surface area contributed by atoms with Crippen molar-refractivity contribution in [2.24, 2.45) is 11.7 Å². The van der Waals surface area contributed by atoms with Crippen molar-refractivity contribution in [1.82, 2.24) is 20.0 Å². The zero-order valence-electron chi connectivity index (χ0n) is 23.1. The second-order valence-corrected chi connectivity index (χ2v) is 12.8. The van der Waals surface area contributed by atoms with Crippen LogP contribution in [0.3, 0.4) is 0 Å². The Morgan fingerprint density at radius 3 is 2.65 bits per heavy atom. The Balaban J connectivity index is 1.18. The minimum atomic E-state index is -0.926. The van der Waals surface area contributed by atoms with E-state index >= 15 is 0 Å². The molecular weight excluding hydrogens is 512 g/mol. The van der Waals surface area contributed by atoms with Crippen LogP contribution >= 0.6 is 0 Å². The van der Waals surface area contributed by atoms with Gasteiger partial charge in [0.2, 0.25) is 17.7 Å². The molecule has 11 heteroatoms. The number of primary amides is 1. The molecule has 4 fully saturated rings. The Morgan fingerprint density at radius 2 is 1.98 bits per heavy atom. The standard InChI is InChI=1S/C29H36N6O5/c1-29(2,3)40-28(39)32-21(26(37)34-18(12-30)9-17-10-23(17)34)14-33-13-19-11-24(33)27(38)35(19)22-7-5-15-8-16(25(31)36)4-6-20(15)22/h4,6,8,17-19,21-24H,5,7,9-11,13-14H2,1-3H3,(H2,31,36)(H,32,39)/t17-,18+,19-,21+,22-,23+,24-/m1/s1. The van der Waals surface area contributed by atoms with E-state index in [1.165, 1.54) is 0 Å². The highest BCUT2D eigenvalue weighted by molar-refractivity contribution is 5.93. The van der Waals surface area contributed by atoms with Crippen LogP contribution in [0, 0.1) is 17.2 Å². The largest absolute Gasteiger partial charge is 0.444 e. The van der Waals surface area contributed by atoms with E-state index in [9.17, 15) is 24.4 Å². The summed E-state index contributed by atoms with van der Waals surface area (Å²) in [6.45, 7) is 6.04. The number of ether oxygens (including phenoxy) is 1. The number of piperazine rings is 1. The summed E-state index contributed by atoms with van der Waals surface area (Å²) in [7, 11) is 0. The minimum Gasteiger partial charge on any atom is -0.444 e. The summed E-state index contributed by atoms with van der Waals surface area (Å²) in [5.41, 5.74) is 7.31. The monoisotopic (exact) mass is 548 g/mol. The van der Waals surface area contributed by atoms with Crippen molar-refractivity contribution in [3.63, 3.8) is 0 Å². The number of benzene rings is 1. The molecule has 1 saturated carbocycles. The number of aryl methyl sites for hydroxylation is 1. The predicted molar refractivity (Wildman–Crippen MR) is 143 cm³/mol. The van der Waals surface area contributed by atoms with Gasteiger partial charge in [-0.15, -0.1) is 0 Å². The van der Waals surface area contributed by atoms with Gasteiger partial charge in [-0.25, -0.2) is 4.79 Å². The van der Waals surface area contributed by atoms with Crippen molar-refractivity contribution in [3.05, 3.63) is 34.9 Å². The van der Waals surface area contributed by atoms with Gasteiger partial charge in [-0.2, -0.15) is 5.26 Å². The van der Waals surface area contributed by atoms with Gasteiger partial charge in [0, 0.05) is 30.7 Å². The highest BCUT2D eigenvalue weighted by atomic mass is 16.6. The van der Waals surface area contributed by atoms with Gasteiger partial charge in [0.15, 0.2) is 0 Å². The van der Waals surface area contributed by atoms with Crippen LogP contribution in [0.5, 0.6) is 0 Å². The molecule has 0 radical (unpaired) electrons. The molecule has 40 heavy (non-hydrogen) atoms. The molecule has 3 saturated heterocycles. The molecule has 0 unspecified atom stereocenters. The van der Waals surface area contributed by atoms with Gasteiger partial charge in [0.1, 0.15) is 17.7 Å². The van der Waals surface area contributed by atoms with Crippen molar-refractivity contribution in [1.29, 1.82) is 5.26 Å². The number of amides is 4. The van der Waals surface area contributed by atoms with E-state index in [2.05, 4.69) is 11.4 Å². The molecule has 5 aliphatic rings. The van der Waals surface area contributed by atoms with Gasteiger partial charge in [0.05, 0.1) is 18.2 Å². The fourth-order valence-corrected chi connectivity index (χ4v) is 7.28. The molecule has 3 heterocycles. The number of nitrogens with zero attached hydrogens (tertiary/aromatic N) is 4. The van der Waals surface area contributed by atoms with Crippen molar-refractivity contribution in [2.75, 3.05) is 13.1 Å². The maximum absolute atomic E-state index is 13.8. The molecule has 2 aliphatic carbocycles. The van der Waals surface area contributed by atoms with Crippen LogP contribution in [0.4, 0.5) is 4.79 Å². The van der Waals surface area contributed by atoms with Gasteiger partial charge in [0.25, 0.3) is 0 Å². The lowest BCUT2D eigenvalue weighted by Crippen LogP contribution is -2.59. The van der Waals surface area contributed by atoms with Crippen LogP contribution in [-0.4, -0.2) is 87.4 Å². The van der Waals surface area contributed by atoms with E-state index in [0.717, 1.165) is 30.4 Å². The van der Waals surface area contributed by atoms with E-state index in [0.29, 0.717) is 30.9 Å². The van der Waals surface area contributed by atoms with Crippen molar-refractivity contribution in [2.45, 2.75) is 94.7 Å². The molecule has 6 rings (SSSR count). The first-order chi connectivity index (χ1) is 18.9. The normalized spacial score (nSPS) is 31.0. The zero-order chi connectivity index (χ0) is 28.5. The van der Waals surface area contributed by atoms with Crippen LogP contribution < -0.4 is 11.1 Å². The molecule has 7 atom stereocenters. The smallest absolute Gasteiger partial charge is 0.408 e. The molecule has 4 amide bonds. The molecule has 212 valence electrons. The summed E-state index contributed by atoms with van der Waals surface area (Å²) >= 11 is 0. The number of hydrogen-bond donors (Lipinski definition) is 2. The first-order valence-electron chi connectivity index (χ1n) is 14.2. The topological polar surface area (TPSA) is 149 Å². The predicted octanol–water partition coefficient (Wildman–Crippen LogP) is 1.46. The SMILES string of the molecule is CC(C)(C)OC(=O)N[C@@H](CN1C[C@H]2C[C@@H]1C(=O)N2[C@@H]1CCc2cc(C(N)=O)ccc21)C(=O)N1[C@H](C#N)C[C@@H]2C[C@@H]21. The Labute approximate surface area is 233 Å². The van der Waals surface area contributed by atoms with E-state index in [1.54, 1.807) is 31.7 Å². The molecule has 0 aromatic heterocycles. The Morgan fingerprint density at radius 1 is 1.20 bits per heavy atom. The van der Waals surface area contributed by atoms with Crippen molar-refractivity contribution < 1.29 is 23.9 Å². The van der Waals surface area contributed by atoms with Gasteiger partial charge in [-0.05, 0) is 82.1 Å². The second-order valence-electron chi connectivity index (χ2n) is 12.8. The lowest BCUT2D eigenvalue weighted by Gasteiger charge is -2.39. The number of carbonyl (C=O) groups excluding carboxylic acids is 4. The molecule has 11 nitrogen and oxygen atoms in total. The third-order valence-electron chi connectivity index (χ3n) is 9.04. The van der Waals surface area contributed by atoms with E-state index in [-0.39, 0.29) is 42.5 Å². The Hall–Kier alpha value is -3.65. The first kappa shape index (κ1) is 26.6. The molecule has 3 aliphatic heterocycles. The summed E-state index contributed by atoms with van der Waals surface area (Å²) in [4.78, 5) is 57.4. The summed E-state index contributed by atoms with van der Waals surface area (Å²) in [5, 5.41) is 12.4. The first-order valence-corrected chi connectivity index (χ1v) is 14.2. The van der Waals surface area contributed by atoms with E-state index < -0.39 is 29.7 Å². The molecular formula is C29H36N6O5. The quantitative estimate of drug-likeness (QED) is 0.547. The number of nitrogens with two attached hydrogens (primary N) is 1. The molecule has 1 aromatic rings. The average molecular weight is 549 g/mol. The van der Waals surface area contributed by atoms with Crippen LogP contribution in [-0.2, 0) is 20.7 Å². The number of nitriles is 1. The Kier molecular flexibility index (Phi) is 6.29. The fourth-order valence-electron chi connectivity index (χ4n) is 7.28. The fraction of sp³-hybridized carbons (Fsp3) is 0.621. The second kappa shape index (κ2) is 9.47. The lowest BCUT2D eigenvalue weighted by molar-refractivity contribution is -0.141. The maximum Gasteiger partial charge on any atom is 0.408 e. The number of likely N-dealkylation sites (tertiary alicyclic amines) is 3. The van der Waals surface area contributed by atoms with Crippen molar-refractivity contribution in [3.8, 4) is 6.07 Å². The van der Waals surface area contributed by atoms with E-state index in [4.69, 9.17) is 10.5 Å². The van der Waals surface area contributed by atoms with Gasteiger partial charge in [-0.1, -0.05) is 6.07 Å². The van der Waals surface area contributed by atoms with Gasteiger partial charge < -0.3 is 25.6 Å². The van der Waals surface area contributed by atoms with Gasteiger partial charge in [-0.3, -0.25) is 19.3 Å². The summed E-state index contributed by atoms with van der Waals surface area (Å²) in [6.07, 6.45) is 3.08. The molecule has 3 N–H and O–H groups in total. The minimum absolute atomic E-state index is 0.00648. The third-order valence-corrected chi connectivity index (χ3v) is 9.04. The number of fused-ring (bicyclic) bond motifs is 4. The number of piperidine rings is 1. The molecule has 1 aromatic carbocycles. The van der Waals surface area contributed by atoms with E-state index in [1.807, 2.05) is 21.9 Å². The summed E-state index contributed by atoms with van der Waals surface area (Å²) in [5.74, 6) is -0.379. The average Bonchev–Trinajstić information content (AvgIpc) is 3.22. The number of rotatable bonds is 6. The van der Waals surface area contributed by atoms with Crippen LogP contribution in [0.25, 0.3) is 0 Å². The molecule has 2 bridgehead atoms. The number of hydrogen-bond acceptors (Lipinski definition) is 7. The number of carbonyl (C=O) groups is 4.